The van der Waals surface area contributed by atoms with E-state index in [0.717, 1.165) is 58.0 Å². The SMILES string of the molecule is CNC1CCCN(C(=O)CCCCCNC(=O)NC2CCCCC2)C1. The number of amides is 3. The molecule has 3 amide bonds. The molecule has 0 spiro atoms. The van der Waals surface area contributed by atoms with Crippen molar-refractivity contribution in [2.45, 2.75) is 82.7 Å². The van der Waals surface area contributed by atoms with Crippen molar-refractivity contribution in [1.82, 2.24) is 20.9 Å². The first-order valence-electron chi connectivity index (χ1n) is 10.2. The van der Waals surface area contributed by atoms with Crippen LogP contribution in [-0.4, -0.2) is 55.6 Å². The van der Waals surface area contributed by atoms with E-state index in [4.69, 9.17) is 0 Å². The average Bonchev–Trinajstić information content (AvgIpc) is 2.65. The van der Waals surface area contributed by atoms with Crippen molar-refractivity contribution < 1.29 is 9.59 Å². The summed E-state index contributed by atoms with van der Waals surface area (Å²) in [6.07, 6.45) is 11.7. The molecule has 1 aliphatic heterocycles. The summed E-state index contributed by atoms with van der Waals surface area (Å²) in [4.78, 5) is 26.1. The number of urea groups is 1. The maximum atomic E-state index is 12.2. The van der Waals surface area contributed by atoms with Gasteiger partial charge in [-0.1, -0.05) is 25.7 Å². The van der Waals surface area contributed by atoms with Gasteiger partial charge in [-0.15, -0.1) is 0 Å². The highest BCUT2D eigenvalue weighted by Gasteiger charge is 2.21. The molecule has 2 aliphatic rings. The molecule has 1 atom stereocenters. The molecule has 0 bridgehead atoms. The molecule has 6 nitrogen and oxygen atoms in total. The monoisotopic (exact) mass is 352 g/mol. The fourth-order valence-corrected chi connectivity index (χ4v) is 3.86. The van der Waals surface area contributed by atoms with E-state index in [-0.39, 0.29) is 11.9 Å². The highest BCUT2D eigenvalue weighted by atomic mass is 16.2. The predicted octanol–water partition coefficient (Wildman–Crippen LogP) is 2.39. The Kier molecular flexibility index (Phi) is 9.08. The number of nitrogens with one attached hydrogen (secondary N) is 3. The lowest BCUT2D eigenvalue weighted by atomic mass is 9.96. The van der Waals surface area contributed by atoms with Crippen LogP contribution in [0.25, 0.3) is 0 Å². The Morgan fingerprint density at radius 3 is 2.48 bits per heavy atom. The Balaban J connectivity index is 1.47. The highest BCUT2D eigenvalue weighted by molar-refractivity contribution is 5.76. The van der Waals surface area contributed by atoms with Crippen LogP contribution in [0.15, 0.2) is 0 Å². The van der Waals surface area contributed by atoms with Crippen molar-refractivity contribution in [3.8, 4) is 0 Å². The summed E-state index contributed by atoms with van der Waals surface area (Å²) in [5, 5.41) is 9.28. The van der Waals surface area contributed by atoms with Crippen LogP contribution in [0.5, 0.6) is 0 Å². The summed E-state index contributed by atoms with van der Waals surface area (Å²) in [6, 6.07) is 0.774. The van der Waals surface area contributed by atoms with Gasteiger partial charge >= 0.3 is 6.03 Å². The number of rotatable bonds is 8. The summed E-state index contributed by atoms with van der Waals surface area (Å²) >= 11 is 0. The van der Waals surface area contributed by atoms with Gasteiger partial charge in [-0.3, -0.25) is 4.79 Å². The summed E-state index contributed by atoms with van der Waals surface area (Å²) in [7, 11) is 1.97. The molecule has 2 fully saturated rings. The second-order valence-electron chi connectivity index (χ2n) is 7.51. The standard InChI is InChI=1S/C19H36N4O2/c1-20-17-11-8-14-23(15-17)18(24)12-6-3-7-13-21-19(25)22-16-9-4-2-5-10-16/h16-17,20H,2-15H2,1H3,(H2,21,22,25). The quantitative estimate of drug-likeness (QED) is 0.587. The van der Waals surface area contributed by atoms with Crippen molar-refractivity contribution in [3.05, 3.63) is 0 Å². The Bertz CT molecular complexity index is 410. The molecule has 1 heterocycles. The van der Waals surface area contributed by atoms with Crippen LogP contribution in [0.4, 0.5) is 4.79 Å². The lowest BCUT2D eigenvalue weighted by Crippen LogP contribution is -2.46. The van der Waals surface area contributed by atoms with Crippen LogP contribution in [0.2, 0.25) is 0 Å². The normalized spacial score (nSPS) is 21.8. The van der Waals surface area contributed by atoms with E-state index < -0.39 is 0 Å². The van der Waals surface area contributed by atoms with Crippen LogP contribution in [0.1, 0.15) is 70.6 Å². The molecule has 1 saturated carbocycles. The Morgan fingerprint density at radius 2 is 1.72 bits per heavy atom. The average molecular weight is 353 g/mol. The van der Waals surface area contributed by atoms with Gasteiger partial charge in [0.1, 0.15) is 0 Å². The van der Waals surface area contributed by atoms with Gasteiger partial charge in [0.2, 0.25) is 5.91 Å². The molecule has 1 unspecified atom stereocenters. The van der Waals surface area contributed by atoms with Crippen LogP contribution in [-0.2, 0) is 4.79 Å². The molecule has 25 heavy (non-hydrogen) atoms. The number of unbranched alkanes of at least 4 members (excludes halogenated alkanes) is 2. The third-order valence-electron chi connectivity index (χ3n) is 5.48. The summed E-state index contributed by atoms with van der Waals surface area (Å²) in [5.41, 5.74) is 0. The third-order valence-corrected chi connectivity index (χ3v) is 5.48. The number of likely N-dealkylation sites (tertiary alicyclic amines) is 1. The first kappa shape index (κ1) is 20.0. The van der Waals surface area contributed by atoms with E-state index in [2.05, 4.69) is 16.0 Å². The van der Waals surface area contributed by atoms with Gasteiger partial charge in [0, 0.05) is 38.1 Å². The number of hydrogen-bond donors (Lipinski definition) is 3. The zero-order valence-corrected chi connectivity index (χ0v) is 15.8. The fraction of sp³-hybridized carbons (Fsp3) is 0.895. The van der Waals surface area contributed by atoms with Crippen LogP contribution in [0.3, 0.4) is 0 Å². The molecule has 144 valence electrons. The minimum absolute atomic E-state index is 0.0330. The summed E-state index contributed by atoms with van der Waals surface area (Å²) in [6.45, 7) is 2.44. The van der Waals surface area contributed by atoms with Crippen molar-refractivity contribution >= 4 is 11.9 Å². The topological polar surface area (TPSA) is 73.5 Å². The second-order valence-corrected chi connectivity index (χ2v) is 7.51. The van der Waals surface area contributed by atoms with E-state index >= 15 is 0 Å². The maximum Gasteiger partial charge on any atom is 0.315 e. The molecule has 2 rings (SSSR count). The molecule has 6 heteroatoms. The summed E-state index contributed by atoms with van der Waals surface area (Å²) < 4.78 is 0. The van der Waals surface area contributed by atoms with E-state index in [1.165, 1.54) is 19.3 Å². The van der Waals surface area contributed by atoms with E-state index in [1.54, 1.807) is 0 Å². The maximum absolute atomic E-state index is 12.2. The first-order valence-corrected chi connectivity index (χ1v) is 10.2. The Morgan fingerprint density at radius 1 is 0.960 bits per heavy atom. The summed E-state index contributed by atoms with van der Waals surface area (Å²) in [5.74, 6) is 0.281. The van der Waals surface area contributed by atoms with Gasteiger partial charge in [0.25, 0.3) is 0 Å². The zero-order valence-electron chi connectivity index (χ0n) is 15.8. The molecule has 0 radical (unpaired) electrons. The molecular formula is C19H36N4O2. The van der Waals surface area contributed by atoms with Gasteiger partial charge in [0.05, 0.1) is 0 Å². The number of carbonyl (C=O) groups is 2. The fourth-order valence-electron chi connectivity index (χ4n) is 3.86. The van der Waals surface area contributed by atoms with Crippen molar-refractivity contribution in [1.29, 1.82) is 0 Å². The molecular weight excluding hydrogens is 316 g/mol. The Labute approximate surface area is 152 Å². The number of piperidine rings is 1. The van der Waals surface area contributed by atoms with Crippen LogP contribution in [0, 0.1) is 0 Å². The van der Waals surface area contributed by atoms with Crippen molar-refractivity contribution in [3.63, 3.8) is 0 Å². The van der Waals surface area contributed by atoms with E-state index in [0.29, 0.717) is 25.0 Å². The van der Waals surface area contributed by atoms with Gasteiger partial charge in [-0.05, 0) is 45.6 Å². The van der Waals surface area contributed by atoms with Gasteiger partial charge in [0.15, 0.2) is 0 Å². The lowest BCUT2D eigenvalue weighted by Gasteiger charge is -2.32. The minimum Gasteiger partial charge on any atom is -0.341 e. The molecule has 0 aromatic rings. The van der Waals surface area contributed by atoms with Gasteiger partial charge in [-0.25, -0.2) is 4.79 Å². The smallest absolute Gasteiger partial charge is 0.315 e. The number of likely N-dealkylation sites (N-methyl/N-ethyl adjacent to an activating group) is 1. The molecule has 1 saturated heterocycles. The Hall–Kier alpha value is -1.30. The molecule has 0 aromatic carbocycles. The molecule has 3 N–H and O–H groups in total. The third kappa shape index (κ3) is 7.63. The predicted molar refractivity (Wildman–Crippen MR) is 101 cm³/mol. The number of nitrogens with zero attached hydrogens (tertiary/aromatic N) is 1. The van der Waals surface area contributed by atoms with E-state index in [1.807, 2.05) is 11.9 Å². The second kappa shape index (κ2) is 11.3. The largest absolute Gasteiger partial charge is 0.341 e. The van der Waals surface area contributed by atoms with Gasteiger partial charge < -0.3 is 20.9 Å². The molecule has 0 aromatic heterocycles. The van der Waals surface area contributed by atoms with Crippen LogP contribution >= 0.6 is 0 Å². The minimum atomic E-state index is -0.0330. The molecule has 1 aliphatic carbocycles. The number of carbonyl (C=O) groups excluding carboxylic acids is 2. The van der Waals surface area contributed by atoms with Gasteiger partial charge in [-0.2, -0.15) is 0 Å². The van der Waals surface area contributed by atoms with Crippen molar-refractivity contribution in [2.24, 2.45) is 0 Å². The van der Waals surface area contributed by atoms with E-state index in [9.17, 15) is 9.59 Å². The first-order chi connectivity index (χ1) is 12.2. The highest BCUT2D eigenvalue weighted by Crippen LogP contribution is 2.17. The zero-order chi connectivity index (χ0) is 17.9. The van der Waals surface area contributed by atoms with Crippen LogP contribution < -0.4 is 16.0 Å². The number of hydrogen-bond acceptors (Lipinski definition) is 3. The van der Waals surface area contributed by atoms with Crippen molar-refractivity contribution in [2.75, 3.05) is 26.7 Å². The lowest BCUT2D eigenvalue weighted by molar-refractivity contribution is -0.132.